The molecule has 3 amide bonds. The monoisotopic (exact) mass is 455 g/mol. The normalized spacial score (nSPS) is 27.8. The zero-order chi connectivity index (χ0) is 23.5. The Labute approximate surface area is 186 Å². The smallest absolute Gasteiger partial charge is 0.303 e. The predicted octanol–water partition coefficient (Wildman–Crippen LogP) is 1.75. The van der Waals surface area contributed by atoms with Crippen molar-refractivity contribution in [2.45, 2.75) is 31.0 Å². The molecule has 5 rings (SSSR count). The number of nitrogens with one attached hydrogen (secondary N) is 2. The maximum Gasteiger partial charge on any atom is 0.303 e. The van der Waals surface area contributed by atoms with Crippen LogP contribution < -0.4 is 10.6 Å². The molecule has 0 aliphatic carbocycles. The number of carboxylic acids is 1. The van der Waals surface area contributed by atoms with E-state index in [0.717, 1.165) is 11.0 Å². The summed E-state index contributed by atoms with van der Waals surface area (Å²) in [6.45, 7) is -0.121. The minimum atomic E-state index is -1.70. The Morgan fingerprint density at radius 2 is 1.73 bits per heavy atom. The van der Waals surface area contributed by atoms with Crippen molar-refractivity contribution in [1.82, 2.24) is 10.2 Å². The van der Waals surface area contributed by atoms with E-state index >= 15 is 0 Å². The van der Waals surface area contributed by atoms with Crippen molar-refractivity contribution < 1.29 is 33.1 Å². The molecule has 2 fully saturated rings. The minimum absolute atomic E-state index is 0.000409. The molecule has 33 heavy (non-hydrogen) atoms. The van der Waals surface area contributed by atoms with Crippen LogP contribution in [0.15, 0.2) is 42.5 Å². The lowest BCUT2D eigenvalue weighted by atomic mass is 9.76. The number of rotatable bonds is 5. The fourth-order valence-corrected chi connectivity index (χ4v) is 5.29. The molecule has 2 aromatic rings. The average molecular weight is 455 g/mol. The van der Waals surface area contributed by atoms with Crippen molar-refractivity contribution in [1.29, 1.82) is 0 Å². The molecule has 0 bridgehead atoms. The number of fused-ring (bicyclic) bond motifs is 4. The quantitative estimate of drug-likeness (QED) is 0.592. The van der Waals surface area contributed by atoms with Crippen molar-refractivity contribution >= 4 is 29.4 Å². The number of halogens is 2. The van der Waals surface area contributed by atoms with Crippen LogP contribution in [0.5, 0.6) is 0 Å². The molecule has 3 heterocycles. The molecule has 3 N–H and O–H groups in total. The van der Waals surface area contributed by atoms with Crippen LogP contribution in [0.25, 0.3) is 0 Å². The number of hydrogen-bond acceptors (Lipinski definition) is 5. The summed E-state index contributed by atoms with van der Waals surface area (Å²) in [4.78, 5) is 52.4. The molecule has 2 aromatic carbocycles. The van der Waals surface area contributed by atoms with Crippen LogP contribution in [0.4, 0.5) is 14.5 Å². The van der Waals surface area contributed by atoms with Gasteiger partial charge in [-0.2, -0.15) is 0 Å². The van der Waals surface area contributed by atoms with E-state index in [4.69, 9.17) is 5.11 Å². The number of hydrogen-bond donors (Lipinski definition) is 3. The van der Waals surface area contributed by atoms with Gasteiger partial charge in [0.1, 0.15) is 17.2 Å². The van der Waals surface area contributed by atoms with Crippen LogP contribution in [0.1, 0.15) is 24.0 Å². The zero-order valence-corrected chi connectivity index (χ0v) is 17.2. The van der Waals surface area contributed by atoms with Crippen molar-refractivity contribution in [3.8, 4) is 0 Å². The fourth-order valence-electron chi connectivity index (χ4n) is 5.29. The number of imide groups is 1. The van der Waals surface area contributed by atoms with Gasteiger partial charge >= 0.3 is 5.97 Å². The lowest BCUT2D eigenvalue weighted by Gasteiger charge is -2.29. The molecule has 0 radical (unpaired) electrons. The summed E-state index contributed by atoms with van der Waals surface area (Å²) in [5, 5.41) is 14.9. The summed E-state index contributed by atoms with van der Waals surface area (Å²) < 4.78 is 27.4. The molecule has 3 aliphatic rings. The third kappa shape index (κ3) is 3.12. The van der Waals surface area contributed by atoms with Gasteiger partial charge in [-0.15, -0.1) is 0 Å². The first-order valence-corrected chi connectivity index (χ1v) is 10.4. The second kappa shape index (κ2) is 7.45. The lowest BCUT2D eigenvalue weighted by Crippen LogP contribution is -2.53. The van der Waals surface area contributed by atoms with Crippen LogP contribution >= 0.6 is 0 Å². The topological polar surface area (TPSA) is 116 Å². The lowest BCUT2D eigenvalue weighted by molar-refractivity contribution is -0.144. The standard InChI is InChI=1S/C23H19F2N3O5/c24-12-3-1-11(2-4-12)10-28-20(31)18-16(7-8-17(29)30)27-23(19(18)21(28)32)14-9-13(25)5-6-15(14)26-22(23)33/h1-6,9,16,18-19,27H,7-8,10H2,(H,26,33)(H,29,30)/t16-,18+,19-,23-/m0/s1. The summed E-state index contributed by atoms with van der Waals surface area (Å²) >= 11 is 0. The summed E-state index contributed by atoms with van der Waals surface area (Å²) in [5.74, 6) is -6.11. The highest BCUT2D eigenvalue weighted by Crippen LogP contribution is 2.53. The largest absolute Gasteiger partial charge is 0.481 e. The Bertz CT molecular complexity index is 1200. The molecule has 1 spiro atoms. The number of carbonyl (C=O) groups excluding carboxylic acids is 3. The van der Waals surface area contributed by atoms with Crippen LogP contribution in [-0.2, 0) is 31.3 Å². The van der Waals surface area contributed by atoms with Crippen molar-refractivity contribution in [3.05, 3.63) is 65.2 Å². The molecule has 2 saturated heterocycles. The number of nitrogens with zero attached hydrogens (tertiary/aromatic N) is 1. The second-order valence-corrected chi connectivity index (χ2v) is 8.53. The first-order chi connectivity index (χ1) is 15.7. The molecular formula is C23H19F2N3O5. The molecule has 0 saturated carbocycles. The van der Waals surface area contributed by atoms with Gasteiger partial charge in [-0.25, -0.2) is 8.78 Å². The number of benzene rings is 2. The van der Waals surface area contributed by atoms with Gasteiger partial charge in [0.2, 0.25) is 17.7 Å². The van der Waals surface area contributed by atoms with Gasteiger partial charge in [-0.05, 0) is 42.3 Å². The summed E-state index contributed by atoms with van der Waals surface area (Å²) in [6, 6.07) is 8.25. The summed E-state index contributed by atoms with van der Waals surface area (Å²) in [5.41, 5.74) is -0.645. The average Bonchev–Trinajstić information content (AvgIpc) is 3.34. The third-order valence-corrected chi connectivity index (χ3v) is 6.69. The highest BCUT2D eigenvalue weighted by atomic mass is 19.1. The number of amides is 3. The molecule has 0 aromatic heterocycles. The van der Waals surface area contributed by atoms with E-state index in [2.05, 4.69) is 10.6 Å². The SMILES string of the molecule is O=C(O)CC[C@@H]1N[C@]2(C(=O)Nc3ccc(F)cc32)[C@@H]2C(=O)N(Cc3ccc(F)cc3)C(=O)[C@H]12. The van der Waals surface area contributed by atoms with Crippen molar-refractivity contribution in [2.24, 2.45) is 11.8 Å². The van der Waals surface area contributed by atoms with Crippen LogP contribution in [-0.4, -0.2) is 39.7 Å². The van der Waals surface area contributed by atoms with E-state index in [1.807, 2.05) is 0 Å². The number of carbonyl (C=O) groups is 4. The number of aliphatic carboxylic acids is 1. The Morgan fingerprint density at radius 1 is 1.03 bits per heavy atom. The first-order valence-electron chi connectivity index (χ1n) is 10.4. The van der Waals surface area contributed by atoms with E-state index in [1.54, 1.807) is 0 Å². The Hall–Kier alpha value is -3.66. The first kappa shape index (κ1) is 21.2. The van der Waals surface area contributed by atoms with Gasteiger partial charge in [0, 0.05) is 23.7 Å². The summed E-state index contributed by atoms with van der Waals surface area (Å²) in [6.07, 6.45) is -0.284. The van der Waals surface area contributed by atoms with Gasteiger partial charge in [-0.3, -0.25) is 29.4 Å². The van der Waals surface area contributed by atoms with Crippen LogP contribution in [0.2, 0.25) is 0 Å². The minimum Gasteiger partial charge on any atom is -0.481 e. The maximum atomic E-state index is 14.2. The molecule has 170 valence electrons. The Balaban J connectivity index is 1.58. The van der Waals surface area contributed by atoms with E-state index in [1.165, 1.54) is 36.4 Å². The summed E-state index contributed by atoms with van der Waals surface area (Å²) in [7, 11) is 0. The van der Waals surface area contributed by atoms with Crippen molar-refractivity contribution in [2.75, 3.05) is 5.32 Å². The van der Waals surface area contributed by atoms with Gasteiger partial charge in [0.05, 0.1) is 18.4 Å². The maximum absolute atomic E-state index is 14.2. The van der Waals surface area contributed by atoms with Crippen LogP contribution in [0, 0.1) is 23.5 Å². The van der Waals surface area contributed by atoms with Crippen molar-refractivity contribution in [3.63, 3.8) is 0 Å². The highest BCUT2D eigenvalue weighted by molar-refractivity contribution is 6.15. The predicted molar refractivity (Wildman–Crippen MR) is 109 cm³/mol. The Kier molecular flexibility index (Phi) is 4.78. The number of anilines is 1. The molecule has 4 atom stereocenters. The molecular weight excluding hydrogens is 436 g/mol. The zero-order valence-electron chi connectivity index (χ0n) is 17.2. The molecule has 0 unspecified atom stereocenters. The third-order valence-electron chi connectivity index (χ3n) is 6.69. The Morgan fingerprint density at radius 3 is 2.42 bits per heavy atom. The van der Waals surface area contributed by atoms with Gasteiger partial charge in [0.15, 0.2) is 0 Å². The molecule has 8 nitrogen and oxygen atoms in total. The van der Waals surface area contributed by atoms with E-state index < -0.39 is 58.7 Å². The molecule has 10 heteroatoms. The highest BCUT2D eigenvalue weighted by Gasteiger charge is 2.70. The second-order valence-electron chi connectivity index (χ2n) is 8.53. The number of likely N-dealkylation sites (tertiary alicyclic amines) is 1. The van der Waals surface area contributed by atoms with Crippen LogP contribution in [0.3, 0.4) is 0 Å². The van der Waals surface area contributed by atoms with Gasteiger partial charge in [0.25, 0.3) is 0 Å². The van der Waals surface area contributed by atoms with Gasteiger partial charge in [-0.1, -0.05) is 12.1 Å². The van der Waals surface area contributed by atoms with E-state index in [0.29, 0.717) is 11.3 Å². The van der Waals surface area contributed by atoms with E-state index in [-0.39, 0.29) is 24.9 Å². The number of carboxylic acid groups (broad SMARTS) is 1. The fraction of sp³-hybridized carbons (Fsp3) is 0.304. The van der Waals surface area contributed by atoms with Gasteiger partial charge < -0.3 is 10.4 Å². The molecule has 3 aliphatic heterocycles. The van der Waals surface area contributed by atoms with E-state index in [9.17, 15) is 28.0 Å².